The fourth-order valence-corrected chi connectivity index (χ4v) is 4.30. The second-order valence-corrected chi connectivity index (χ2v) is 7.46. The van der Waals surface area contributed by atoms with Gasteiger partial charge in [0.2, 0.25) is 0 Å². The molecule has 5 nitrogen and oxygen atoms in total. The van der Waals surface area contributed by atoms with Gasteiger partial charge in [0.25, 0.3) is 11.5 Å². The van der Waals surface area contributed by atoms with E-state index < -0.39 is 0 Å². The van der Waals surface area contributed by atoms with Crippen molar-refractivity contribution in [3.8, 4) is 0 Å². The Morgan fingerprint density at radius 1 is 1.19 bits per heavy atom. The lowest BCUT2D eigenvalue weighted by atomic mass is 10.1. The molecule has 0 aliphatic heterocycles. The predicted octanol–water partition coefficient (Wildman–Crippen LogP) is 4.39. The van der Waals surface area contributed by atoms with Crippen LogP contribution < -0.4 is 10.9 Å². The number of carbonyl (C=O) groups is 1. The molecule has 0 fully saturated rings. The number of aryl methyl sites for hydroxylation is 1. The molecule has 130 valence electrons. The first-order chi connectivity index (χ1) is 12.6. The van der Waals surface area contributed by atoms with Crippen molar-refractivity contribution in [2.45, 2.75) is 13.3 Å². The number of hydrogen-bond acceptors (Lipinski definition) is 4. The van der Waals surface area contributed by atoms with Crippen LogP contribution in [0, 0.1) is 3.95 Å². The summed E-state index contributed by atoms with van der Waals surface area (Å²) >= 11 is 6.64. The molecule has 0 unspecified atom stereocenters. The average molecular weight is 381 g/mol. The van der Waals surface area contributed by atoms with Gasteiger partial charge >= 0.3 is 0 Å². The molecule has 2 aromatic carbocycles. The summed E-state index contributed by atoms with van der Waals surface area (Å²) in [6.07, 6.45) is 0.810. The molecule has 1 amide bonds. The molecule has 0 aliphatic rings. The molecule has 0 aliphatic carbocycles. The van der Waals surface area contributed by atoms with Gasteiger partial charge in [-0.15, -0.1) is 0 Å². The van der Waals surface area contributed by atoms with Gasteiger partial charge < -0.3 is 10.3 Å². The van der Waals surface area contributed by atoms with E-state index in [4.69, 9.17) is 12.2 Å². The van der Waals surface area contributed by atoms with Crippen molar-refractivity contribution >= 4 is 51.7 Å². The van der Waals surface area contributed by atoms with Gasteiger partial charge in [0, 0.05) is 5.69 Å². The molecule has 0 saturated carbocycles. The van der Waals surface area contributed by atoms with Gasteiger partial charge in [0.1, 0.15) is 10.5 Å². The zero-order valence-electron chi connectivity index (χ0n) is 13.9. The zero-order chi connectivity index (χ0) is 18.3. The maximum Gasteiger partial charge on any atom is 0.269 e. The second-order valence-electron chi connectivity index (χ2n) is 5.82. The third-order valence-corrected chi connectivity index (χ3v) is 5.66. The number of nitrogens with zero attached hydrogens (tertiary/aromatic N) is 1. The minimum Gasteiger partial charge on any atom is -0.321 e. The van der Waals surface area contributed by atoms with Gasteiger partial charge in [-0.3, -0.25) is 14.0 Å². The maximum atomic E-state index is 12.9. The molecular weight excluding hydrogens is 366 g/mol. The lowest BCUT2D eigenvalue weighted by Crippen LogP contribution is -2.15. The van der Waals surface area contributed by atoms with Gasteiger partial charge in [0.05, 0.1) is 10.9 Å². The highest BCUT2D eigenvalue weighted by atomic mass is 32.1. The van der Waals surface area contributed by atoms with Gasteiger partial charge in [-0.05, 0) is 42.4 Å². The summed E-state index contributed by atoms with van der Waals surface area (Å²) in [7, 11) is 0. The number of fused-ring (bicyclic) bond motifs is 3. The minimum atomic E-state index is -0.282. The molecule has 26 heavy (non-hydrogen) atoms. The van der Waals surface area contributed by atoms with Crippen molar-refractivity contribution in [3.63, 3.8) is 0 Å². The smallest absolute Gasteiger partial charge is 0.269 e. The standard InChI is InChI=1S/C19H15N3O2S2/c1-2-11-7-3-5-9-13(11)20-18(24)15-16-21-17(23)12-8-4-6-10-14(12)22(16)19(25)26-15/h3-10H,2H2,1H3,(H,20,24)(H,21,23). The van der Waals surface area contributed by atoms with Gasteiger partial charge in [-0.1, -0.05) is 48.6 Å². The normalized spacial score (nSPS) is 11.1. The summed E-state index contributed by atoms with van der Waals surface area (Å²) in [5.41, 5.74) is 2.69. The minimum absolute atomic E-state index is 0.239. The SMILES string of the molecule is CCc1ccccc1NC(=O)c1sc(=S)n2c1[nH]c(=O)c1ccccc12. The number of aromatic amines is 1. The van der Waals surface area contributed by atoms with Crippen LogP contribution in [0.4, 0.5) is 5.69 Å². The highest BCUT2D eigenvalue weighted by Crippen LogP contribution is 2.24. The Labute approximate surface area is 157 Å². The Hall–Kier alpha value is -2.77. The molecule has 0 radical (unpaired) electrons. The number of benzene rings is 2. The van der Waals surface area contributed by atoms with E-state index in [2.05, 4.69) is 10.3 Å². The number of aromatic nitrogens is 2. The van der Waals surface area contributed by atoms with Crippen molar-refractivity contribution in [2.24, 2.45) is 0 Å². The molecule has 0 saturated heterocycles. The molecule has 0 spiro atoms. The van der Waals surface area contributed by atoms with Crippen LogP contribution in [0.2, 0.25) is 0 Å². The van der Waals surface area contributed by atoms with E-state index in [1.54, 1.807) is 16.5 Å². The highest BCUT2D eigenvalue weighted by molar-refractivity contribution is 7.73. The number of thiazole rings is 1. The van der Waals surface area contributed by atoms with E-state index in [9.17, 15) is 9.59 Å². The largest absolute Gasteiger partial charge is 0.321 e. The molecule has 2 heterocycles. The van der Waals surface area contributed by atoms with Crippen LogP contribution in [-0.2, 0) is 6.42 Å². The molecule has 4 rings (SSSR count). The molecular formula is C19H15N3O2S2. The van der Waals surface area contributed by atoms with Crippen LogP contribution in [0.15, 0.2) is 53.3 Å². The summed E-state index contributed by atoms with van der Waals surface area (Å²) in [5.74, 6) is -0.282. The summed E-state index contributed by atoms with van der Waals surface area (Å²) in [4.78, 5) is 28.5. The van der Waals surface area contributed by atoms with Crippen LogP contribution in [0.1, 0.15) is 22.2 Å². The van der Waals surface area contributed by atoms with Gasteiger partial charge in [0.15, 0.2) is 3.95 Å². The quantitative estimate of drug-likeness (QED) is 0.517. The van der Waals surface area contributed by atoms with Gasteiger partial charge in [-0.25, -0.2) is 0 Å². The third-order valence-electron chi connectivity index (χ3n) is 4.28. The maximum absolute atomic E-state index is 12.9. The van der Waals surface area contributed by atoms with Crippen LogP contribution in [0.25, 0.3) is 16.6 Å². The Bertz CT molecular complexity index is 1270. The average Bonchev–Trinajstić information content (AvgIpc) is 2.99. The Kier molecular flexibility index (Phi) is 4.18. The number of anilines is 1. The molecule has 0 atom stereocenters. The lowest BCUT2D eigenvalue weighted by Gasteiger charge is -2.09. The lowest BCUT2D eigenvalue weighted by molar-refractivity contribution is 0.103. The monoisotopic (exact) mass is 381 g/mol. The first kappa shape index (κ1) is 16.7. The Balaban J connectivity index is 1.89. The first-order valence-electron chi connectivity index (χ1n) is 8.16. The number of amides is 1. The van der Waals surface area contributed by atoms with Crippen molar-refractivity contribution in [2.75, 3.05) is 5.32 Å². The number of rotatable bonds is 3. The van der Waals surface area contributed by atoms with Crippen molar-refractivity contribution in [3.05, 3.63) is 73.3 Å². The van der Waals surface area contributed by atoms with Gasteiger partial charge in [-0.2, -0.15) is 0 Å². The summed E-state index contributed by atoms with van der Waals surface area (Å²) in [5, 5.41) is 3.48. The fraction of sp³-hybridized carbons (Fsp3) is 0.105. The second kappa shape index (κ2) is 6.51. The van der Waals surface area contributed by atoms with E-state index in [0.29, 0.717) is 25.4 Å². The van der Waals surface area contributed by atoms with Crippen LogP contribution in [0.5, 0.6) is 0 Å². The molecule has 2 aromatic heterocycles. The van der Waals surface area contributed by atoms with Crippen molar-refractivity contribution < 1.29 is 4.79 Å². The number of carbonyl (C=O) groups excluding carboxylic acids is 1. The van der Waals surface area contributed by atoms with E-state index >= 15 is 0 Å². The van der Waals surface area contributed by atoms with Crippen molar-refractivity contribution in [1.82, 2.24) is 9.38 Å². The van der Waals surface area contributed by atoms with Crippen LogP contribution in [0.3, 0.4) is 0 Å². The zero-order valence-corrected chi connectivity index (χ0v) is 15.5. The molecule has 4 aromatic rings. The van der Waals surface area contributed by atoms with E-state index in [1.807, 2.05) is 43.3 Å². The number of H-pyrrole nitrogens is 1. The summed E-state index contributed by atoms with van der Waals surface area (Å²) in [6.45, 7) is 2.03. The third kappa shape index (κ3) is 2.65. The number of nitrogens with one attached hydrogen (secondary N) is 2. The molecule has 2 N–H and O–H groups in total. The summed E-state index contributed by atoms with van der Waals surface area (Å²) < 4.78 is 2.26. The topological polar surface area (TPSA) is 66.4 Å². The fourth-order valence-electron chi connectivity index (χ4n) is 3.02. The Morgan fingerprint density at radius 3 is 2.73 bits per heavy atom. The highest BCUT2D eigenvalue weighted by Gasteiger charge is 2.18. The van der Waals surface area contributed by atoms with E-state index in [1.165, 1.54) is 11.3 Å². The molecule has 7 heteroatoms. The molecule has 0 bridgehead atoms. The number of para-hydroxylation sites is 2. The van der Waals surface area contributed by atoms with Crippen molar-refractivity contribution in [1.29, 1.82) is 0 Å². The van der Waals surface area contributed by atoms with Crippen LogP contribution >= 0.6 is 23.6 Å². The van der Waals surface area contributed by atoms with E-state index in [0.717, 1.165) is 17.7 Å². The number of hydrogen-bond donors (Lipinski definition) is 2. The van der Waals surface area contributed by atoms with E-state index in [-0.39, 0.29) is 11.5 Å². The summed E-state index contributed by atoms with van der Waals surface area (Å²) in [6, 6.07) is 14.9. The van der Waals surface area contributed by atoms with Crippen LogP contribution in [-0.4, -0.2) is 15.3 Å². The Morgan fingerprint density at radius 2 is 1.92 bits per heavy atom. The first-order valence-corrected chi connectivity index (χ1v) is 9.38. The predicted molar refractivity (Wildman–Crippen MR) is 108 cm³/mol.